The number of nitrogens with zero attached hydrogens (tertiary/aromatic N) is 6. The third-order valence-electron chi connectivity index (χ3n) is 10.5. The van der Waals surface area contributed by atoms with E-state index in [1.165, 1.54) is 6.20 Å². The van der Waals surface area contributed by atoms with Gasteiger partial charge in [-0.05, 0) is 79.9 Å². The molecular weight excluding hydrogens is 746 g/mol. The van der Waals surface area contributed by atoms with E-state index in [4.69, 9.17) is 16.3 Å². The lowest BCUT2D eigenvalue weighted by atomic mass is 9.90. The van der Waals surface area contributed by atoms with Crippen molar-refractivity contribution in [1.29, 1.82) is 0 Å². The number of aromatic nitrogens is 5. The molecule has 290 valence electrons. The second kappa shape index (κ2) is 15.5. The Morgan fingerprint density at radius 3 is 2.40 bits per heavy atom. The Bertz CT molecular complexity index is 2500. The average Bonchev–Trinajstić information content (AvgIpc) is 3.80. The number of carbonyl (C=O) groups excluding carboxylic acids is 4. The number of imide groups is 1. The van der Waals surface area contributed by atoms with E-state index >= 15 is 0 Å². The lowest BCUT2D eigenvalue weighted by Gasteiger charge is -2.41. The fourth-order valence-corrected chi connectivity index (χ4v) is 7.58. The fourth-order valence-electron chi connectivity index (χ4n) is 7.40. The fraction of sp³-hybridized carbons (Fsp3) is 0.262. The van der Waals surface area contributed by atoms with E-state index < -0.39 is 0 Å². The number of amides is 4. The van der Waals surface area contributed by atoms with E-state index in [1.54, 1.807) is 41.1 Å². The normalized spacial score (nSPS) is 17.1. The van der Waals surface area contributed by atoms with Crippen molar-refractivity contribution in [2.24, 2.45) is 7.05 Å². The molecule has 57 heavy (non-hydrogen) atoms. The van der Waals surface area contributed by atoms with Crippen LogP contribution in [0.4, 0.5) is 5.69 Å². The Hall–Kier alpha value is -6.54. The van der Waals surface area contributed by atoms with Crippen LogP contribution in [-0.4, -0.2) is 78.9 Å². The molecule has 0 aliphatic carbocycles. The zero-order valence-electron chi connectivity index (χ0n) is 31.6. The topological polar surface area (TPSA) is 167 Å². The van der Waals surface area contributed by atoms with Gasteiger partial charge in [0.1, 0.15) is 22.1 Å². The van der Waals surface area contributed by atoms with Crippen LogP contribution in [0, 0.1) is 6.92 Å². The molecule has 2 saturated heterocycles. The molecule has 0 saturated carbocycles. The maximum absolute atomic E-state index is 13.5. The maximum atomic E-state index is 13.5. The first kappa shape index (κ1) is 37.4. The number of benzene rings is 3. The van der Waals surface area contributed by atoms with Gasteiger partial charge in [-0.3, -0.25) is 29.2 Å². The van der Waals surface area contributed by atoms with Gasteiger partial charge in [0.2, 0.25) is 11.8 Å². The number of carbonyl (C=O) groups is 4. The van der Waals surface area contributed by atoms with Crippen molar-refractivity contribution in [3.63, 3.8) is 0 Å². The summed E-state index contributed by atoms with van der Waals surface area (Å²) >= 11 is 6.50. The minimum Gasteiger partial charge on any atom is -0.453 e. The zero-order valence-corrected chi connectivity index (χ0v) is 32.3. The highest BCUT2D eigenvalue weighted by Gasteiger charge is 2.30. The number of pyridine rings is 1. The minimum atomic E-state index is -0.320. The number of aryl methyl sites for hydroxylation is 2. The van der Waals surface area contributed by atoms with Crippen molar-refractivity contribution < 1.29 is 23.9 Å². The van der Waals surface area contributed by atoms with Crippen LogP contribution in [0.3, 0.4) is 0 Å². The number of fused-ring (bicyclic) bond motifs is 1. The maximum Gasteiger partial charge on any atom is 0.254 e. The Morgan fingerprint density at radius 2 is 1.72 bits per heavy atom. The van der Waals surface area contributed by atoms with E-state index in [-0.39, 0.29) is 42.1 Å². The Kier molecular flexibility index (Phi) is 10.2. The molecule has 2 fully saturated rings. The van der Waals surface area contributed by atoms with Gasteiger partial charge in [0, 0.05) is 68.7 Å². The number of piperidine rings is 1. The smallest absolute Gasteiger partial charge is 0.254 e. The van der Waals surface area contributed by atoms with Crippen molar-refractivity contribution in [3.05, 3.63) is 118 Å². The van der Waals surface area contributed by atoms with Crippen molar-refractivity contribution >= 4 is 52.1 Å². The van der Waals surface area contributed by atoms with Gasteiger partial charge in [-0.2, -0.15) is 5.10 Å². The summed E-state index contributed by atoms with van der Waals surface area (Å²) in [6.45, 7) is 6.12. The molecule has 0 radical (unpaired) electrons. The van der Waals surface area contributed by atoms with Gasteiger partial charge in [-0.15, -0.1) is 0 Å². The highest BCUT2D eigenvalue weighted by Crippen LogP contribution is 2.36. The lowest BCUT2D eigenvalue weighted by molar-refractivity contribution is -0.134. The zero-order chi connectivity index (χ0) is 39.8. The summed E-state index contributed by atoms with van der Waals surface area (Å²) in [4.78, 5) is 66.8. The van der Waals surface area contributed by atoms with E-state index in [0.717, 1.165) is 28.1 Å². The number of piperazine rings is 1. The van der Waals surface area contributed by atoms with Gasteiger partial charge in [-0.1, -0.05) is 35.9 Å². The van der Waals surface area contributed by atoms with E-state index in [9.17, 15) is 19.2 Å². The number of H-pyrrole nitrogens is 1. The summed E-state index contributed by atoms with van der Waals surface area (Å²) < 4.78 is 7.88. The van der Waals surface area contributed by atoms with Gasteiger partial charge in [0.25, 0.3) is 11.8 Å². The van der Waals surface area contributed by atoms with Crippen LogP contribution in [0.25, 0.3) is 22.6 Å². The van der Waals surface area contributed by atoms with Crippen LogP contribution in [0.5, 0.6) is 11.5 Å². The first-order chi connectivity index (χ1) is 27.5. The molecule has 3 aromatic carbocycles. The summed E-state index contributed by atoms with van der Waals surface area (Å²) in [7, 11) is 1.84. The lowest BCUT2D eigenvalue weighted by Crippen LogP contribution is -2.54. The predicted octanol–water partition coefficient (Wildman–Crippen LogP) is 5.91. The number of aromatic amines is 1. The van der Waals surface area contributed by atoms with Gasteiger partial charge in [-0.25, -0.2) is 9.97 Å². The Morgan fingerprint density at radius 1 is 0.982 bits per heavy atom. The van der Waals surface area contributed by atoms with Crippen LogP contribution in [-0.2, 0) is 23.2 Å². The summed E-state index contributed by atoms with van der Waals surface area (Å²) in [5.74, 6) is 0.358. The molecule has 15 heteroatoms. The Labute approximate surface area is 333 Å². The third-order valence-corrected chi connectivity index (χ3v) is 10.7. The molecule has 6 aromatic rings. The number of nitrogens with one attached hydrogen (secondary N) is 3. The van der Waals surface area contributed by atoms with Crippen LogP contribution in [0.2, 0.25) is 5.02 Å². The molecule has 2 aliphatic heterocycles. The molecule has 2 aliphatic rings. The second-order valence-corrected chi connectivity index (χ2v) is 14.8. The van der Waals surface area contributed by atoms with Gasteiger partial charge >= 0.3 is 0 Å². The molecule has 0 bridgehead atoms. The van der Waals surface area contributed by atoms with E-state index in [1.807, 2.05) is 68.4 Å². The number of ether oxygens (including phenoxy) is 1. The number of imidazole rings is 1. The monoisotopic (exact) mass is 785 g/mol. The van der Waals surface area contributed by atoms with Gasteiger partial charge in [0.05, 0.1) is 23.4 Å². The Balaban J connectivity index is 0.836. The van der Waals surface area contributed by atoms with Gasteiger partial charge in [0.15, 0.2) is 11.4 Å². The van der Waals surface area contributed by atoms with Gasteiger partial charge < -0.3 is 24.8 Å². The second-order valence-electron chi connectivity index (χ2n) is 14.4. The van der Waals surface area contributed by atoms with Crippen LogP contribution < -0.4 is 20.3 Å². The molecule has 8 rings (SSSR count). The minimum absolute atomic E-state index is 0.0282. The summed E-state index contributed by atoms with van der Waals surface area (Å²) in [5.41, 5.74) is 6.46. The molecule has 14 nitrogen and oxygen atoms in total. The van der Waals surface area contributed by atoms with E-state index in [2.05, 4.69) is 35.6 Å². The SMILES string of the molecule is Cc1nn(C)cc1-c1nc2ncc(Cl)c(Oc3ccc(C(=O)NCc4ccc(C(=O)N5CCN(c6ccc([C@@H]7CCC(=O)NC7=O)cc6)C[C@H]5C)cc4)cc3)c2[nH]1. The van der Waals surface area contributed by atoms with Crippen LogP contribution in [0.1, 0.15) is 63.2 Å². The summed E-state index contributed by atoms with van der Waals surface area (Å²) in [6, 6.07) is 21.9. The van der Waals surface area contributed by atoms with Crippen molar-refractivity contribution in [2.75, 3.05) is 24.5 Å². The molecule has 4 amide bonds. The van der Waals surface area contributed by atoms with Crippen LogP contribution >= 0.6 is 11.6 Å². The van der Waals surface area contributed by atoms with E-state index in [0.29, 0.717) is 77.1 Å². The molecule has 2 atom stereocenters. The highest BCUT2D eigenvalue weighted by atomic mass is 35.5. The predicted molar refractivity (Wildman–Crippen MR) is 214 cm³/mol. The van der Waals surface area contributed by atoms with Crippen molar-refractivity contribution in [1.82, 2.24) is 40.3 Å². The van der Waals surface area contributed by atoms with Crippen molar-refractivity contribution in [3.8, 4) is 22.9 Å². The number of rotatable bonds is 9. The number of halogens is 1. The molecule has 3 aromatic heterocycles. The van der Waals surface area contributed by atoms with Crippen LogP contribution in [0.15, 0.2) is 85.2 Å². The molecule has 3 N–H and O–H groups in total. The molecule has 5 heterocycles. The number of hydrogen-bond donors (Lipinski definition) is 3. The number of anilines is 1. The summed E-state index contributed by atoms with van der Waals surface area (Å²) in [5, 5.41) is 10.1. The first-order valence-electron chi connectivity index (χ1n) is 18.7. The quantitative estimate of drug-likeness (QED) is 0.151. The highest BCUT2D eigenvalue weighted by molar-refractivity contribution is 6.32. The van der Waals surface area contributed by atoms with Crippen molar-refractivity contribution in [2.45, 2.75) is 45.2 Å². The average molecular weight is 786 g/mol. The third kappa shape index (κ3) is 7.81. The molecule has 0 spiro atoms. The largest absolute Gasteiger partial charge is 0.453 e. The molecular formula is C42H40ClN9O5. The summed E-state index contributed by atoms with van der Waals surface area (Å²) in [6.07, 6.45) is 4.22. The first-order valence-corrected chi connectivity index (χ1v) is 19.1. The molecule has 0 unspecified atom stereocenters. The standard InChI is InChI=1S/C42H40ClN9O5/c1-24-22-51(30-12-8-27(9-13-30)32-16-17-35(53)46-41(32)55)18-19-52(24)42(56)29-6-4-26(5-7-29)20-45-40(54)28-10-14-31(15-11-28)57-37-34(43)21-44-39-36(37)47-38(48-39)33-23-50(3)49-25(33)2/h4-15,21,23-24,32H,16-20,22H2,1-3H3,(H,45,54)(H,44,47,48)(H,46,53,55)/t24-,32+/m1/s1. The number of hydrogen-bond acceptors (Lipinski definition) is 9.